The number of ether oxygens (including phenoxy) is 1. The maximum absolute atomic E-state index is 12.8. The van der Waals surface area contributed by atoms with Gasteiger partial charge >= 0.3 is 6.09 Å². The van der Waals surface area contributed by atoms with Crippen LogP contribution in [0.15, 0.2) is 78.9 Å². The van der Waals surface area contributed by atoms with Gasteiger partial charge in [0.1, 0.15) is 6.61 Å². The van der Waals surface area contributed by atoms with Crippen molar-refractivity contribution >= 4 is 34.7 Å². The summed E-state index contributed by atoms with van der Waals surface area (Å²) >= 11 is 0. The highest BCUT2D eigenvalue weighted by molar-refractivity contribution is 5.93. The average Bonchev–Trinajstić information content (AvgIpc) is 2.91. The van der Waals surface area contributed by atoms with Gasteiger partial charge < -0.3 is 15.0 Å². The van der Waals surface area contributed by atoms with Gasteiger partial charge in [0.15, 0.2) is 0 Å². The average molecular weight is 499 g/mol. The van der Waals surface area contributed by atoms with Gasteiger partial charge in [-0.15, -0.1) is 0 Å². The Bertz CT molecular complexity index is 1220. The minimum Gasteiger partial charge on any atom is -0.444 e. The summed E-state index contributed by atoms with van der Waals surface area (Å²) in [5.41, 5.74) is 4.99. The van der Waals surface area contributed by atoms with E-state index >= 15 is 0 Å². The van der Waals surface area contributed by atoms with Gasteiger partial charge in [0.2, 0.25) is 5.91 Å². The summed E-state index contributed by atoms with van der Waals surface area (Å²) < 4.78 is 5.40. The quantitative estimate of drug-likeness (QED) is 0.447. The van der Waals surface area contributed by atoms with E-state index in [1.807, 2.05) is 66.7 Å². The number of cyclic esters (lactones) is 1. The molecule has 1 fully saturated rings. The summed E-state index contributed by atoms with van der Waals surface area (Å²) in [5, 5.41) is 3.04. The van der Waals surface area contributed by atoms with Crippen LogP contribution in [0, 0.1) is 0 Å². The Hall–Kier alpha value is -3.84. The highest BCUT2D eigenvalue weighted by Gasteiger charge is 2.34. The Balaban J connectivity index is 1.15. The molecule has 2 heterocycles. The van der Waals surface area contributed by atoms with Crippen LogP contribution in [0.4, 0.5) is 27.5 Å². The Morgan fingerprint density at radius 1 is 0.946 bits per heavy atom. The second kappa shape index (κ2) is 11.0. The smallest absolute Gasteiger partial charge is 0.414 e. The van der Waals surface area contributed by atoms with Crippen molar-refractivity contribution in [3.63, 3.8) is 0 Å². The van der Waals surface area contributed by atoms with Gasteiger partial charge in [-0.1, -0.05) is 36.4 Å². The summed E-state index contributed by atoms with van der Waals surface area (Å²) in [6.07, 6.45) is 1.33. The van der Waals surface area contributed by atoms with E-state index in [9.17, 15) is 9.59 Å². The fourth-order valence-corrected chi connectivity index (χ4v) is 5.30. The van der Waals surface area contributed by atoms with Gasteiger partial charge in [-0.2, -0.15) is 0 Å². The van der Waals surface area contributed by atoms with Crippen molar-refractivity contribution in [2.45, 2.75) is 45.4 Å². The van der Waals surface area contributed by atoms with E-state index in [-0.39, 0.29) is 18.0 Å². The first-order valence-corrected chi connectivity index (χ1v) is 13.0. The molecule has 0 bridgehead atoms. The van der Waals surface area contributed by atoms with Crippen LogP contribution in [0.5, 0.6) is 0 Å². The van der Waals surface area contributed by atoms with Crippen LogP contribution < -0.4 is 15.1 Å². The zero-order chi connectivity index (χ0) is 25.8. The van der Waals surface area contributed by atoms with Crippen LogP contribution in [0.1, 0.15) is 32.3 Å². The van der Waals surface area contributed by atoms with E-state index < -0.39 is 0 Å². The maximum Gasteiger partial charge on any atom is 0.414 e. The molecule has 0 atom stereocenters. The summed E-state index contributed by atoms with van der Waals surface area (Å²) in [7, 11) is 0. The number of anilines is 4. The monoisotopic (exact) mass is 498 g/mol. The third-order valence-electron chi connectivity index (χ3n) is 7.07. The minimum absolute atomic E-state index is 0.0299. The van der Waals surface area contributed by atoms with Gasteiger partial charge in [-0.05, 0) is 69.2 Å². The van der Waals surface area contributed by atoms with Crippen molar-refractivity contribution in [1.82, 2.24) is 4.90 Å². The predicted octanol–water partition coefficient (Wildman–Crippen LogP) is 5.79. The molecule has 0 saturated carbocycles. The first kappa shape index (κ1) is 24.8. The molecule has 2 aliphatic rings. The molecule has 0 radical (unpaired) electrons. The van der Waals surface area contributed by atoms with Gasteiger partial charge in [-0.3, -0.25) is 14.6 Å². The zero-order valence-corrected chi connectivity index (χ0v) is 21.5. The number of fused-ring (bicyclic) bond motifs is 1. The number of rotatable bonds is 7. The third-order valence-corrected chi connectivity index (χ3v) is 7.07. The van der Waals surface area contributed by atoms with E-state index in [1.165, 1.54) is 0 Å². The lowest BCUT2D eigenvalue weighted by Gasteiger charge is -2.40. The lowest BCUT2D eigenvalue weighted by atomic mass is 10.0. The van der Waals surface area contributed by atoms with Gasteiger partial charge in [0.25, 0.3) is 0 Å². The van der Waals surface area contributed by atoms with E-state index in [0.717, 1.165) is 54.2 Å². The molecule has 0 spiro atoms. The molecule has 0 aromatic heterocycles. The van der Waals surface area contributed by atoms with Crippen LogP contribution in [-0.4, -0.2) is 48.6 Å². The normalized spacial score (nSPS) is 16.3. The van der Waals surface area contributed by atoms with Crippen molar-refractivity contribution in [2.24, 2.45) is 0 Å². The molecule has 2 amide bonds. The number of benzene rings is 3. The first-order chi connectivity index (χ1) is 18.0. The molecule has 7 nitrogen and oxygen atoms in total. The van der Waals surface area contributed by atoms with E-state index in [1.54, 1.807) is 4.90 Å². The van der Waals surface area contributed by atoms with Crippen LogP contribution in [-0.2, 0) is 16.1 Å². The summed E-state index contributed by atoms with van der Waals surface area (Å²) in [5.74, 6) is -0.0299. The number of hydrogen-bond acceptors (Lipinski definition) is 5. The van der Waals surface area contributed by atoms with Crippen LogP contribution >= 0.6 is 0 Å². The number of hydrogen-bond donors (Lipinski definition) is 1. The SMILES string of the molecule is CC(C)N(c1ccccc1)c1ccc(NC(=O)CN2CCC(N3C(=O)OCc4ccccc43)CC2)cc1. The Morgan fingerprint density at radius 3 is 2.30 bits per heavy atom. The van der Waals surface area contributed by atoms with Crippen LogP contribution in [0.2, 0.25) is 0 Å². The zero-order valence-electron chi connectivity index (χ0n) is 21.5. The number of likely N-dealkylation sites (tertiary alicyclic amines) is 1. The lowest BCUT2D eigenvalue weighted by molar-refractivity contribution is -0.117. The number of amides is 2. The van der Waals surface area contributed by atoms with Crippen molar-refractivity contribution in [1.29, 1.82) is 0 Å². The summed E-state index contributed by atoms with van der Waals surface area (Å²) in [6, 6.07) is 26.6. The second-order valence-corrected chi connectivity index (χ2v) is 9.95. The minimum atomic E-state index is -0.276. The van der Waals surface area contributed by atoms with Crippen LogP contribution in [0.3, 0.4) is 0 Å². The predicted molar refractivity (Wildman–Crippen MR) is 147 cm³/mol. The highest BCUT2D eigenvalue weighted by Crippen LogP contribution is 2.32. The number of nitrogens with one attached hydrogen (secondary N) is 1. The fraction of sp³-hybridized carbons (Fsp3) is 0.333. The molecule has 7 heteroatoms. The molecular weight excluding hydrogens is 464 g/mol. The van der Waals surface area contributed by atoms with Gasteiger partial charge in [0, 0.05) is 47.8 Å². The van der Waals surface area contributed by atoms with Gasteiger partial charge in [-0.25, -0.2) is 4.79 Å². The van der Waals surface area contributed by atoms with Crippen molar-refractivity contribution in [3.05, 3.63) is 84.4 Å². The number of nitrogens with zero attached hydrogens (tertiary/aromatic N) is 3. The number of carbonyl (C=O) groups is 2. The molecular formula is C30H34N4O3. The number of para-hydroxylation sites is 2. The first-order valence-electron chi connectivity index (χ1n) is 13.0. The number of carbonyl (C=O) groups excluding carboxylic acids is 2. The topological polar surface area (TPSA) is 65.1 Å². The Kier molecular flexibility index (Phi) is 7.42. The standard InChI is InChI=1S/C30H34N4O3/c1-22(2)33(25-9-4-3-5-10-25)26-14-12-24(13-15-26)31-29(35)20-32-18-16-27(17-19-32)34-28-11-7-6-8-23(28)21-37-30(34)36/h3-15,22,27H,16-21H2,1-2H3,(H,31,35). The third kappa shape index (κ3) is 5.62. The molecule has 1 N–H and O–H groups in total. The largest absolute Gasteiger partial charge is 0.444 e. The summed E-state index contributed by atoms with van der Waals surface area (Å²) in [6.45, 7) is 6.50. The van der Waals surface area contributed by atoms with Crippen molar-refractivity contribution in [2.75, 3.05) is 34.8 Å². The molecule has 2 aliphatic heterocycles. The van der Waals surface area contributed by atoms with E-state index in [2.05, 4.69) is 41.1 Å². The Labute approximate surface area is 218 Å². The van der Waals surface area contributed by atoms with Gasteiger partial charge in [0.05, 0.1) is 12.2 Å². The molecule has 1 saturated heterocycles. The summed E-state index contributed by atoms with van der Waals surface area (Å²) in [4.78, 5) is 31.5. The van der Waals surface area contributed by atoms with Crippen molar-refractivity contribution < 1.29 is 14.3 Å². The lowest BCUT2D eigenvalue weighted by Crippen LogP contribution is -2.50. The molecule has 37 heavy (non-hydrogen) atoms. The molecule has 192 valence electrons. The molecule has 0 unspecified atom stereocenters. The molecule has 5 rings (SSSR count). The molecule has 3 aromatic carbocycles. The van der Waals surface area contributed by atoms with E-state index in [0.29, 0.717) is 19.2 Å². The molecule has 0 aliphatic carbocycles. The Morgan fingerprint density at radius 2 is 1.59 bits per heavy atom. The number of piperidine rings is 1. The van der Waals surface area contributed by atoms with Crippen LogP contribution in [0.25, 0.3) is 0 Å². The maximum atomic E-state index is 12.8. The van der Waals surface area contributed by atoms with E-state index in [4.69, 9.17) is 4.74 Å². The molecule has 3 aromatic rings. The second-order valence-electron chi connectivity index (χ2n) is 9.95. The van der Waals surface area contributed by atoms with Crippen molar-refractivity contribution in [3.8, 4) is 0 Å². The highest BCUT2D eigenvalue weighted by atomic mass is 16.6. The fourth-order valence-electron chi connectivity index (χ4n) is 5.30.